The molecular formula is C15H17ClN2O2. The van der Waals surface area contributed by atoms with Crippen molar-refractivity contribution in [2.45, 2.75) is 26.8 Å². The second-order valence-corrected chi connectivity index (χ2v) is 5.08. The normalized spacial score (nSPS) is 12.2. The highest BCUT2D eigenvalue weighted by Crippen LogP contribution is 2.24. The Morgan fingerprint density at radius 3 is 2.35 bits per heavy atom. The first-order valence-corrected chi connectivity index (χ1v) is 6.73. The van der Waals surface area contributed by atoms with Crippen molar-refractivity contribution in [3.05, 3.63) is 46.2 Å². The van der Waals surface area contributed by atoms with E-state index in [9.17, 15) is 4.79 Å². The zero-order chi connectivity index (χ0) is 14.9. The second kappa shape index (κ2) is 5.67. The maximum atomic E-state index is 12.5. The standard InChI is InChI=1S/C15H17ClN2O2/c1-9-14(16)10(2)18(17-9)11(3)15(19)12-5-7-13(20-4)8-6-12/h5-8,11H,1-4H3. The summed E-state index contributed by atoms with van der Waals surface area (Å²) in [5.41, 5.74) is 2.17. The molecule has 0 saturated heterocycles. The molecule has 4 nitrogen and oxygen atoms in total. The van der Waals surface area contributed by atoms with Gasteiger partial charge < -0.3 is 4.74 Å². The van der Waals surface area contributed by atoms with Gasteiger partial charge in [0.1, 0.15) is 11.8 Å². The average molecular weight is 293 g/mol. The first-order valence-electron chi connectivity index (χ1n) is 6.35. The second-order valence-electron chi connectivity index (χ2n) is 4.70. The summed E-state index contributed by atoms with van der Waals surface area (Å²) in [5.74, 6) is 0.721. The van der Waals surface area contributed by atoms with Gasteiger partial charge in [-0.2, -0.15) is 5.10 Å². The molecule has 0 aliphatic rings. The van der Waals surface area contributed by atoms with Crippen LogP contribution in [0.15, 0.2) is 24.3 Å². The van der Waals surface area contributed by atoms with Crippen LogP contribution in [0, 0.1) is 13.8 Å². The summed E-state index contributed by atoms with van der Waals surface area (Å²) < 4.78 is 6.76. The lowest BCUT2D eigenvalue weighted by Crippen LogP contribution is -2.19. The summed E-state index contributed by atoms with van der Waals surface area (Å²) in [6.45, 7) is 5.51. The number of aromatic nitrogens is 2. The van der Waals surface area contributed by atoms with Gasteiger partial charge >= 0.3 is 0 Å². The molecule has 1 aromatic heterocycles. The number of carbonyl (C=O) groups excluding carboxylic acids is 1. The van der Waals surface area contributed by atoms with Gasteiger partial charge in [-0.1, -0.05) is 11.6 Å². The molecule has 0 aliphatic carbocycles. The number of aryl methyl sites for hydroxylation is 1. The molecule has 0 spiro atoms. The quantitative estimate of drug-likeness (QED) is 0.809. The Morgan fingerprint density at radius 1 is 1.30 bits per heavy atom. The van der Waals surface area contributed by atoms with Crippen LogP contribution in [-0.2, 0) is 0 Å². The Labute approximate surface area is 123 Å². The van der Waals surface area contributed by atoms with Gasteiger partial charge in [-0.3, -0.25) is 9.48 Å². The van der Waals surface area contributed by atoms with E-state index in [4.69, 9.17) is 16.3 Å². The largest absolute Gasteiger partial charge is 0.497 e. The van der Waals surface area contributed by atoms with Gasteiger partial charge in [-0.15, -0.1) is 0 Å². The molecule has 0 N–H and O–H groups in total. The zero-order valence-electron chi connectivity index (χ0n) is 12.0. The third-order valence-corrected chi connectivity index (χ3v) is 3.90. The van der Waals surface area contributed by atoms with Crippen molar-refractivity contribution in [2.75, 3.05) is 7.11 Å². The maximum Gasteiger partial charge on any atom is 0.187 e. The Hall–Kier alpha value is -1.81. The van der Waals surface area contributed by atoms with E-state index in [1.807, 2.05) is 20.8 Å². The Kier molecular flexibility index (Phi) is 4.14. The van der Waals surface area contributed by atoms with Crippen molar-refractivity contribution in [3.8, 4) is 5.75 Å². The molecule has 1 heterocycles. The lowest BCUT2D eigenvalue weighted by Gasteiger charge is -2.13. The first-order chi connectivity index (χ1) is 9.45. The molecule has 1 atom stereocenters. The zero-order valence-corrected chi connectivity index (χ0v) is 12.7. The van der Waals surface area contributed by atoms with Gasteiger partial charge in [-0.05, 0) is 45.0 Å². The summed E-state index contributed by atoms with van der Waals surface area (Å²) in [6.07, 6.45) is 0. The number of Topliss-reactive ketones (excluding diaryl/α,β-unsaturated/α-hetero) is 1. The number of methoxy groups -OCH3 is 1. The van der Waals surface area contributed by atoms with E-state index in [0.717, 1.165) is 17.1 Å². The molecule has 0 radical (unpaired) electrons. The third kappa shape index (κ3) is 2.56. The lowest BCUT2D eigenvalue weighted by molar-refractivity contribution is 0.0926. The van der Waals surface area contributed by atoms with Crippen molar-refractivity contribution >= 4 is 17.4 Å². The number of halogens is 1. The van der Waals surface area contributed by atoms with E-state index >= 15 is 0 Å². The van der Waals surface area contributed by atoms with Crippen LogP contribution in [-0.4, -0.2) is 22.7 Å². The molecule has 106 valence electrons. The number of benzene rings is 1. The minimum Gasteiger partial charge on any atom is -0.497 e. The van der Waals surface area contributed by atoms with Crippen LogP contribution in [0.2, 0.25) is 5.02 Å². The average Bonchev–Trinajstić information content (AvgIpc) is 2.73. The number of rotatable bonds is 4. The fraction of sp³-hybridized carbons (Fsp3) is 0.333. The highest BCUT2D eigenvalue weighted by molar-refractivity contribution is 6.31. The summed E-state index contributed by atoms with van der Waals surface area (Å²) in [6, 6.07) is 6.66. The highest BCUT2D eigenvalue weighted by atomic mass is 35.5. The molecule has 0 aliphatic heterocycles. The third-order valence-electron chi connectivity index (χ3n) is 3.36. The number of nitrogens with zero attached hydrogens (tertiary/aromatic N) is 2. The Morgan fingerprint density at radius 2 is 1.90 bits per heavy atom. The minimum absolute atomic E-state index is 0.00470. The molecule has 20 heavy (non-hydrogen) atoms. The van der Waals surface area contributed by atoms with Gasteiger partial charge in [0.05, 0.1) is 23.5 Å². The molecular weight excluding hydrogens is 276 g/mol. The van der Waals surface area contributed by atoms with E-state index < -0.39 is 6.04 Å². The van der Waals surface area contributed by atoms with Gasteiger partial charge in [0, 0.05) is 5.56 Å². The van der Waals surface area contributed by atoms with E-state index in [-0.39, 0.29) is 5.78 Å². The molecule has 0 bridgehead atoms. The van der Waals surface area contributed by atoms with Gasteiger partial charge in [0.2, 0.25) is 0 Å². The highest BCUT2D eigenvalue weighted by Gasteiger charge is 2.21. The lowest BCUT2D eigenvalue weighted by atomic mass is 10.1. The summed E-state index contributed by atoms with van der Waals surface area (Å²) in [7, 11) is 1.59. The minimum atomic E-state index is -0.394. The summed E-state index contributed by atoms with van der Waals surface area (Å²) in [4.78, 5) is 12.5. The fourth-order valence-corrected chi connectivity index (χ4v) is 2.25. The van der Waals surface area contributed by atoms with Crippen molar-refractivity contribution in [2.24, 2.45) is 0 Å². The fourth-order valence-electron chi connectivity index (χ4n) is 2.13. The Balaban J connectivity index is 2.29. The molecule has 0 amide bonds. The van der Waals surface area contributed by atoms with Crippen molar-refractivity contribution in [1.29, 1.82) is 0 Å². The van der Waals surface area contributed by atoms with Crippen LogP contribution in [0.1, 0.15) is 34.7 Å². The maximum absolute atomic E-state index is 12.5. The van der Waals surface area contributed by atoms with E-state index in [1.54, 1.807) is 36.1 Å². The molecule has 2 aromatic rings. The molecule has 1 unspecified atom stereocenters. The van der Waals surface area contributed by atoms with Crippen LogP contribution in [0.5, 0.6) is 5.75 Å². The van der Waals surface area contributed by atoms with Crippen LogP contribution in [0.4, 0.5) is 0 Å². The molecule has 0 fully saturated rings. The summed E-state index contributed by atoms with van der Waals surface area (Å²) >= 11 is 6.12. The number of carbonyl (C=O) groups is 1. The van der Waals surface area contributed by atoms with E-state index in [2.05, 4.69) is 5.10 Å². The predicted molar refractivity (Wildman–Crippen MR) is 78.7 cm³/mol. The molecule has 2 rings (SSSR count). The van der Waals surface area contributed by atoms with E-state index in [1.165, 1.54) is 0 Å². The predicted octanol–water partition coefficient (Wildman–Crippen LogP) is 3.61. The number of hydrogen-bond donors (Lipinski definition) is 0. The smallest absolute Gasteiger partial charge is 0.187 e. The van der Waals surface area contributed by atoms with Gasteiger partial charge in [0.25, 0.3) is 0 Å². The number of ether oxygens (including phenoxy) is 1. The van der Waals surface area contributed by atoms with Crippen molar-refractivity contribution in [3.63, 3.8) is 0 Å². The van der Waals surface area contributed by atoms with Crippen LogP contribution < -0.4 is 4.74 Å². The van der Waals surface area contributed by atoms with Crippen molar-refractivity contribution in [1.82, 2.24) is 9.78 Å². The monoisotopic (exact) mass is 292 g/mol. The van der Waals surface area contributed by atoms with Crippen molar-refractivity contribution < 1.29 is 9.53 Å². The molecule has 5 heteroatoms. The SMILES string of the molecule is COc1ccc(C(=O)C(C)n2nc(C)c(Cl)c2C)cc1. The first kappa shape index (κ1) is 14.6. The van der Waals surface area contributed by atoms with Crippen LogP contribution in [0.3, 0.4) is 0 Å². The van der Waals surface area contributed by atoms with Crippen LogP contribution >= 0.6 is 11.6 Å². The van der Waals surface area contributed by atoms with Gasteiger partial charge in [-0.25, -0.2) is 0 Å². The van der Waals surface area contributed by atoms with Gasteiger partial charge in [0.15, 0.2) is 5.78 Å². The molecule has 0 saturated carbocycles. The number of hydrogen-bond acceptors (Lipinski definition) is 3. The number of ketones is 1. The molecule has 1 aromatic carbocycles. The topological polar surface area (TPSA) is 44.1 Å². The van der Waals surface area contributed by atoms with E-state index in [0.29, 0.717) is 10.6 Å². The van der Waals surface area contributed by atoms with Crippen LogP contribution in [0.25, 0.3) is 0 Å². The Bertz CT molecular complexity index is 632. The summed E-state index contributed by atoms with van der Waals surface area (Å²) in [5, 5.41) is 4.94.